The molecule has 0 aromatic carbocycles. The van der Waals surface area contributed by atoms with Crippen molar-refractivity contribution in [2.75, 3.05) is 0 Å². The summed E-state index contributed by atoms with van der Waals surface area (Å²) in [5.74, 6) is 0. The summed E-state index contributed by atoms with van der Waals surface area (Å²) in [6, 6.07) is 0. The molecule has 35 valence electrons. The van der Waals surface area contributed by atoms with Crippen LogP contribution < -0.4 is 0 Å². The second-order valence-corrected chi connectivity index (χ2v) is 2.29. The van der Waals surface area contributed by atoms with Gasteiger partial charge in [0.25, 0.3) is 0 Å². The molecule has 0 atom stereocenters. The molecule has 0 spiro atoms. The normalized spacial score (nSPS) is 18.0. The first-order valence-electron chi connectivity index (χ1n) is 2.03. The van der Waals surface area contributed by atoms with Gasteiger partial charge in [0.2, 0.25) is 0 Å². The SMILES string of the molecule is [Se]=C1[C]=NC=CC1. The molecule has 1 rings (SSSR count). The fourth-order valence-corrected chi connectivity index (χ4v) is 0.680. The van der Waals surface area contributed by atoms with E-state index in [0.717, 1.165) is 10.8 Å². The van der Waals surface area contributed by atoms with Crippen LogP contribution in [0.4, 0.5) is 0 Å². The molecular weight excluding hydrogens is 153 g/mol. The molecule has 1 nitrogen and oxygen atoms in total. The average molecular weight is 157 g/mol. The Morgan fingerprint density at radius 2 is 2.71 bits per heavy atom. The molecule has 0 aromatic rings. The number of nitrogens with zero attached hydrogens (tertiary/aromatic N) is 1. The van der Waals surface area contributed by atoms with Gasteiger partial charge in [-0.2, -0.15) is 0 Å². The quantitative estimate of drug-likeness (QED) is 0.445. The third-order valence-electron chi connectivity index (χ3n) is 0.672. The Morgan fingerprint density at radius 3 is 3.00 bits per heavy atom. The average Bonchev–Trinajstić information content (AvgIpc) is 1.69. The Kier molecular flexibility index (Phi) is 1.55. The molecule has 0 amide bonds. The van der Waals surface area contributed by atoms with Crippen LogP contribution in [0.1, 0.15) is 6.42 Å². The molecule has 0 saturated carbocycles. The van der Waals surface area contributed by atoms with E-state index in [1.165, 1.54) is 0 Å². The van der Waals surface area contributed by atoms with Crippen molar-refractivity contribution < 1.29 is 0 Å². The van der Waals surface area contributed by atoms with Gasteiger partial charge in [0.05, 0.1) is 0 Å². The van der Waals surface area contributed by atoms with E-state index in [1.807, 2.05) is 6.08 Å². The van der Waals surface area contributed by atoms with Gasteiger partial charge >= 0.3 is 49.9 Å². The predicted molar refractivity (Wildman–Crippen MR) is 32.0 cm³/mol. The van der Waals surface area contributed by atoms with Gasteiger partial charge in [-0.05, 0) is 0 Å². The summed E-state index contributed by atoms with van der Waals surface area (Å²) in [7, 11) is 0. The van der Waals surface area contributed by atoms with Crippen LogP contribution in [-0.2, 0) is 0 Å². The van der Waals surface area contributed by atoms with E-state index < -0.39 is 0 Å². The second kappa shape index (κ2) is 2.20. The van der Waals surface area contributed by atoms with Crippen LogP contribution in [0.25, 0.3) is 0 Å². The Balaban J connectivity index is 2.66. The zero-order valence-corrected chi connectivity index (χ0v) is 5.43. The molecule has 1 heterocycles. The molecule has 2 heteroatoms. The molecular formula is C5H4NSe. The van der Waals surface area contributed by atoms with Crippen molar-refractivity contribution in [2.24, 2.45) is 4.99 Å². The Bertz CT molecular complexity index is 135. The van der Waals surface area contributed by atoms with Crippen LogP contribution in [0.15, 0.2) is 17.3 Å². The van der Waals surface area contributed by atoms with Gasteiger partial charge in [0, 0.05) is 0 Å². The first-order chi connectivity index (χ1) is 3.39. The van der Waals surface area contributed by atoms with E-state index in [1.54, 1.807) is 6.20 Å². The van der Waals surface area contributed by atoms with Crippen molar-refractivity contribution in [3.63, 3.8) is 0 Å². The zero-order valence-electron chi connectivity index (χ0n) is 3.72. The maximum atomic E-state index is 3.76. The van der Waals surface area contributed by atoms with E-state index in [9.17, 15) is 0 Å². The number of aliphatic imine (C=N–C) groups is 1. The van der Waals surface area contributed by atoms with Gasteiger partial charge in [-0.3, -0.25) is 0 Å². The third-order valence-corrected chi connectivity index (χ3v) is 1.21. The van der Waals surface area contributed by atoms with E-state index in [0.29, 0.717) is 0 Å². The maximum absolute atomic E-state index is 3.76. The summed E-state index contributed by atoms with van der Waals surface area (Å²) in [6.07, 6.45) is 7.48. The molecule has 1 aliphatic heterocycles. The number of hydrogen-bond acceptors (Lipinski definition) is 1. The molecule has 0 fully saturated rings. The molecule has 1 radical (unpaired) electrons. The minimum absolute atomic E-state index is 0.962. The van der Waals surface area contributed by atoms with Crippen LogP contribution in [0.5, 0.6) is 0 Å². The minimum atomic E-state index is 0.962. The van der Waals surface area contributed by atoms with Crippen LogP contribution in [0.2, 0.25) is 0 Å². The van der Waals surface area contributed by atoms with Crippen molar-refractivity contribution in [3.05, 3.63) is 12.3 Å². The third kappa shape index (κ3) is 1.38. The van der Waals surface area contributed by atoms with Crippen molar-refractivity contribution in [1.82, 2.24) is 0 Å². The molecule has 0 saturated heterocycles. The van der Waals surface area contributed by atoms with Crippen molar-refractivity contribution in [1.29, 1.82) is 0 Å². The fraction of sp³-hybridized carbons (Fsp3) is 0.200. The summed E-state index contributed by atoms with van der Waals surface area (Å²) in [5.41, 5.74) is 0. The molecule has 7 heavy (non-hydrogen) atoms. The van der Waals surface area contributed by atoms with Crippen molar-refractivity contribution >= 4 is 26.2 Å². The Labute approximate surface area is 50.5 Å². The first kappa shape index (κ1) is 4.95. The van der Waals surface area contributed by atoms with Gasteiger partial charge in [-0.25, -0.2) is 0 Å². The molecule has 0 bridgehead atoms. The number of rotatable bonds is 0. The summed E-state index contributed by atoms with van der Waals surface area (Å²) in [4.78, 5) is 3.76. The number of allylic oxidation sites excluding steroid dienone is 1. The van der Waals surface area contributed by atoms with Crippen LogP contribution in [-0.4, -0.2) is 26.2 Å². The topological polar surface area (TPSA) is 12.4 Å². The number of hydrogen-bond donors (Lipinski definition) is 0. The van der Waals surface area contributed by atoms with Crippen molar-refractivity contribution in [3.8, 4) is 0 Å². The summed E-state index contributed by atoms with van der Waals surface area (Å²) in [6.45, 7) is 0. The van der Waals surface area contributed by atoms with Gasteiger partial charge in [0.1, 0.15) is 0 Å². The second-order valence-electron chi connectivity index (χ2n) is 1.25. The zero-order chi connectivity index (χ0) is 5.11. The van der Waals surface area contributed by atoms with Crippen LogP contribution in [0, 0.1) is 0 Å². The van der Waals surface area contributed by atoms with Gasteiger partial charge in [-0.1, -0.05) is 0 Å². The molecule has 1 aliphatic rings. The predicted octanol–water partition coefficient (Wildman–Crippen LogP) is 0.193. The van der Waals surface area contributed by atoms with Gasteiger partial charge in [0.15, 0.2) is 0 Å². The molecule has 0 unspecified atom stereocenters. The molecule has 0 aliphatic carbocycles. The fourth-order valence-electron chi connectivity index (χ4n) is 0.367. The Hall–Kier alpha value is -0.201. The molecule has 0 aromatic heterocycles. The van der Waals surface area contributed by atoms with Gasteiger partial charge in [-0.15, -0.1) is 0 Å². The van der Waals surface area contributed by atoms with Gasteiger partial charge < -0.3 is 0 Å². The van der Waals surface area contributed by atoms with E-state index in [-0.39, 0.29) is 0 Å². The summed E-state index contributed by atoms with van der Waals surface area (Å²) >= 11 is 2.84. The van der Waals surface area contributed by atoms with Crippen molar-refractivity contribution in [2.45, 2.75) is 6.42 Å². The first-order valence-corrected chi connectivity index (χ1v) is 2.89. The monoisotopic (exact) mass is 158 g/mol. The summed E-state index contributed by atoms with van der Waals surface area (Å²) in [5, 5.41) is 0. The molecule has 0 N–H and O–H groups in total. The van der Waals surface area contributed by atoms with Crippen LogP contribution >= 0.6 is 0 Å². The summed E-state index contributed by atoms with van der Waals surface area (Å²) < 4.78 is 1.09. The van der Waals surface area contributed by atoms with E-state index in [4.69, 9.17) is 0 Å². The Morgan fingerprint density at radius 1 is 1.86 bits per heavy atom. The van der Waals surface area contributed by atoms with E-state index in [2.05, 4.69) is 26.8 Å². The van der Waals surface area contributed by atoms with E-state index >= 15 is 0 Å². The standard InChI is InChI=1S/C5H4NSe/c7-5-2-1-3-6-4-5/h1,3H,2H2. The van der Waals surface area contributed by atoms with Crippen LogP contribution in [0.3, 0.4) is 0 Å².